The number of carboxylic acid groups (broad SMARTS) is 1. The monoisotopic (exact) mass is 269 g/mol. The summed E-state index contributed by atoms with van der Waals surface area (Å²) in [5.41, 5.74) is 0.625. The molecule has 0 radical (unpaired) electrons. The fourth-order valence-corrected chi connectivity index (χ4v) is 2.55. The summed E-state index contributed by atoms with van der Waals surface area (Å²) in [5, 5.41) is 12.5. The van der Waals surface area contributed by atoms with Crippen LogP contribution in [0.3, 0.4) is 0 Å². The third-order valence-corrected chi connectivity index (χ3v) is 3.56. The molecule has 1 aromatic rings. The van der Waals surface area contributed by atoms with Gasteiger partial charge in [0, 0.05) is 0 Å². The Morgan fingerprint density at radius 1 is 1.33 bits per heavy atom. The third-order valence-electron chi connectivity index (χ3n) is 3.56. The Morgan fingerprint density at radius 3 is 2.61 bits per heavy atom. The summed E-state index contributed by atoms with van der Waals surface area (Å²) in [6.45, 7) is 0.831. The Kier molecular flexibility index (Phi) is 5.63. The van der Waals surface area contributed by atoms with Gasteiger partial charge in [-0.3, -0.25) is 4.79 Å². The van der Waals surface area contributed by atoms with Crippen LogP contribution in [0.1, 0.15) is 31.2 Å². The lowest BCUT2D eigenvalue weighted by atomic mass is 9.90. The van der Waals surface area contributed by atoms with E-state index in [1.54, 1.807) is 0 Å². The molecule has 1 saturated heterocycles. The van der Waals surface area contributed by atoms with Gasteiger partial charge in [0.25, 0.3) is 0 Å². The van der Waals surface area contributed by atoms with Crippen LogP contribution in [0.4, 0.5) is 0 Å². The average Bonchev–Trinajstić information content (AvgIpc) is 2.80. The van der Waals surface area contributed by atoms with Gasteiger partial charge in [0.1, 0.15) is 5.54 Å². The second-order valence-corrected chi connectivity index (χ2v) is 4.76. The number of hydrogen-bond acceptors (Lipinski definition) is 2. The Hall–Kier alpha value is -1.06. The fraction of sp³-hybridized carbons (Fsp3) is 0.500. The number of halogens is 1. The van der Waals surface area contributed by atoms with Crippen LogP contribution >= 0.6 is 12.4 Å². The molecule has 3 nitrogen and oxygen atoms in total. The smallest absolute Gasteiger partial charge is 0.323 e. The Labute approximate surface area is 114 Å². The maximum absolute atomic E-state index is 11.3. The normalized spacial score (nSPS) is 22.4. The summed E-state index contributed by atoms with van der Waals surface area (Å²) >= 11 is 0. The summed E-state index contributed by atoms with van der Waals surface area (Å²) in [6, 6.07) is 10.2. The van der Waals surface area contributed by atoms with Crippen LogP contribution in [0.15, 0.2) is 30.3 Å². The molecule has 18 heavy (non-hydrogen) atoms. The zero-order valence-corrected chi connectivity index (χ0v) is 11.2. The maximum Gasteiger partial charge on any atom is 0.323 e. The average molecular weight is 270 g/mol. The molecule has 0 unspecified atom stereocenters. The molecule has 0 spiro atoms. The van der Waals surface area contributed by atoms with Crippen molar-refractivity contribution in [1.29, 1.82) is 0 Å². The molecule has 0 saturated carbocycles. The summed E-state index contributed by atoms with van der Waals surface area (Å²) < 4.78 is 0. The minimum absolute atomic E-state index is 0. The molecule has 1 aromatic carbocycles. The maximum atomic E-state index is 11.3. The van der Waals surface area contributed by atoms with Crippen LogP contribution in [0.2, 0.25) is 0 Å². The van der Waals surface area contributed by atoms with E-state index in [1.165, 1.54) is 5.56 Å². The number of carboxylic acids is 1. The number of benzene rings is 1. The molecule has 1 heterocycles. The number of aryl methyl sites for hydroxylation is 1. The highest BCUT2D eigenvalue weighted by molar-refractivity contribution is 5.85. The minimum Gasteiger partial charge on any atom is -0.480 e. The molecule has 2 rings (SSSR count). The van der Waals surface area contributed by atoms with Crippen molar-refractivity contribution in [2.45, 2.75) is 37.6 Å². The van der Waals surface area contributed by atoms with Crippen molar-refractivity contribution in [3.63, 3.8) is 0 Å². The van der Waals surface area contributed by atoms with Crippen LogP contribution in [-0.4, -0.2) is 23.2 Å². The lowest BCUT2D eigenvalue weighted by Crippen LogP contribution is -2.47. The van der Waals surface area contributed by atoms with Crippen molar-refractivity contribution >= 4 is 18.4 Å². The molecular formula is C14H20ClNO2. The Bertz CT molecular complexity index is 375. The highest BCUT2D eigenvalue weighted by atomic mass is 35.5. The van der Waals surface area contributed by atoms with E-state index in [-0.39, 0.29) is 12.4 Å². The Morgan fingerprint density at radius 2 is 2.06 bits per heavy atom. The van der Waals surface area contributed by atoms with E-state index in [1.807, 2.05) is 18.2 Å². The summed E-state index contributed by atoms with van der Waals surface area (Å²) in [5.74, 6) is -0.692. The van der Waals surface area contributed by atoms with Gasteiger partial charge in [0.15, 0.2) is 0 Å². The molecular weight excluding hydrogens is 250 g/mol. The third kappa shape index (κ3) is 3.47. The molecule has 1 atom stereocenters. The van der Waals surface area contributed by atoms with E-state index >= 15 is 0 Å². The van der Waals surface area contributed by atoms with Crippen molar-refractivity contribution in [2.24, 2.45) is 0 Å². The van der Waals surface area contributed by atoms with Gasteiger partial charge in [-0.15, -0.1) is 12.4 Å². The van der Waals surface area contributed by atoms with Crippen LogP contribution in [0.5, 0.6) is 0 Å². The number of aliphatic carboxylic acids is 1. The lowest BCUT2D eigenvalue weighted by Gasteiger charge is -2.24. The van der Waals surface area contributed by atoms with E-state index in [4.69, 9.17) is 0 Å². The standard InChI is InChI=1S/C14H19NO2.ClH/c16-13(17)14(10-5-11-15-14)9-4-8-12-6-2-1-3-7-12;/h1-3,6-7,15H,4-5,8-11H2,(H,16,17);1H/t14-;/m0./s1. The van der Waals surface area contributed by atoms with Crippen molar-refractivity contribution in [3.8, 4) is 0 Å². The van der Waals surface area contributed by atoms with E-state index in [2.05, 4.69) is 17.4 Å². The molecule has 2 N–H and O–H groups in total. The van der Waals surface area contributed by atoms with Gasteiger partial charge in [-0.05, 0) is 44.2 Å². The minimum atomic E-state index is -0.692. The SMILES string of the molecule is Cl.O=C(O)[C@]1(CCCc2ccccc2)CCCN1. The highest BCUT2D eigenvalue weighted by Crippen LogP contribution is 2.25. The van der Waals surface area contributed by atoms with Crippen molar-refractivity contribution < 1.29 is 9.90 Å². The zero-order valence-electron chi connectivity index (χ0n) is 10.4. The van der Waals surface area contributed by atoms with Crippen LogP contribution in [-0.2, 0) is 11.2 Å². The van der Waals surface area contributed by atoms with Gasteiger partial charge in [-0.25, -0.2) is 0 Å². The van der Waals surface area contributed by atoms with E-state index in [9.17, 15) is 9.90 Å². The predicted octanol–water partition coefficient (Wildman–Crippen LogP) is 2.64. The quantitative estimate of drug-likeness (QED) is 0.864. The van der Waals surface area contributed by atoms with Gasteiger partial charge in [-0.1, -0.05) is 30.3 Å². The van der Waals surface area contributed by atoms with Gasteiger partial charge < -0.3 is 10.4 Å². The summed E-state index contributed by atoms with van der Waals surface area (Å²) in [4.78, 5) is 11.3. The van der Waals surface area contributed by atoms with Gasteiger partial charge in [0.05, 0.1) is 0 Å². The largest absolute Gasteiger partial charge is 0.480 e. The molecule has 1 fully saturated rings. The first-order valence-corrected chi connectivity index (χ1v) is 6.25. The van der Waals surface area contributed by atoms with Crippen LogP contribution in [0, 0.1) is 0 Å². The molecule has 0 aromatic heterocycles. The van der Waals surface area contributed by atoms with Gasteiger partial charge in [0.2, 0.25) is 0 Å². The molecule has 100 valence electrons. The first-order chi connectivity index (χ1) is 8.23. The van der Waals surface area contributed by atoms with E-state index in [0.29, 0.717) is 0 Å². The lowest BCUT2D eigenvalue weighted by molar-refractivity contribution is -0.144. The Balaban J connectivity index is 0.00000162. The topological polar surface area (TPSA) is 49.3 Å². The van der Waals surface area contributed by atoms with Crippen LogP contribution in [0.25, 0.3) is 0 Å². The second kappa shape index (κ2) is 6.76. The van der Waals surface area contributed by atoms with Crippen molar-refractivity contribution in [2.75, 3.05) is 6.54 Å². The molecule has 0 aliphatic carbocycles. The summed E-state index contributed by atoms with van der Waals surface area (Å²) in [7, 11) is 0. The molecule has 0 bridgehead atoms. The van der Waals surface area contributed by atoms with E-state index in [0.717, 1.165) is 38.6 Å². The van der Waals surface area contributed by atoms with Gasteiger partial charge >= 0.3 is 5.97 Å². The first-order valence-electron chi connectivity index (χ1n) is 6.25. The molecule has 4 heteroatoms. The van der Waals surface area contributed by atoms with E-state index < -0.39 is 11.5 Å². The molecule has 0 amide bonds. The predicted molar refractivity (Wildman–Crippen MR) is 74.2 cm³/mol. The summed E-state index contributed by atoms with van der Waals surface area (Å²) in [6.07, 6.45) is 4.33. The number of rotatable bonds is 5. The molecule has 1 aliphatic rings. The zero-order chi connectivity index (χ0) is 12.1. The number of nitrogens with one attached hydrogen (secondary N) is 1. The van der Waals surface area contributed by atoms with Crippen molar-refractivity contribution in [3.05, 3.63) is 35.9 Å². The van der Waals surface area contributed by atoms with Gasteiger partial charge in [-0.2, -0.15) is 0 Å². The highest BCUT2D eigenvalue weighted by Gasteiger charge is 2.40. The number of hydrogen-bond donors (Lipinski definition) is 2. The molecule has 1 aliphatic heterocycles. The second-order valence-electron chi connectivity index (χ2n) is 4.76. The number of carbonyl (C=O) groups is 1. The van der Waals surface area contributed by atoms with Crippen molar-refractivity contribution in [1.82, 2.24) is 5.32 Å². The fourth-order valence-electron chi connectivity index (χ4n) is 2.55. The first kappa shape index (κ1) is 15.0. The van der Waals surface area contributed by atoms with Crippen LogP contribution < -0.4 is 5.32 Å².